The van der Waals surface area contributed by atoms with E-state index >= 15 is 0 Å². The first-order chi connectivity index (χ1) is 10.7. The summed E-state index contributed by atoms with van der Waals surface area (Å²) in [5, 5.41) is 7.18. The van der Waals surface area contributed by atoms with Crippen molar-refractivity contribution in [2.75, 3.05) is 0 Å². The first-order valence-electron chi connectivity index (χ1n) is 6.89. The monoisotopic (exact) mass is 307 g/mol. The van der Waals surface area contributed by atoms with Gasteiger partial charge in [0.2, 0.25) is 0 Å². The molecular formula is C16H13N5S. The highest BCUT2D eigenvalue weighted by Crippen LogP contribution is 2.29. The highest BCUT2D eigenvalue weighted by molar-refractivity contribution is 7.99. The third kappa shape index (κ3) is 2.21. The molecule has 0 N–H and O–H groups in total. The molecule has 4 aromatic rings. The minimum absolute atomic E-state index is 0.736. The Morgan fingerprint density at radius 3 is 2.91 bits per heavy atom. The fourth-order valence-corrected chi connectivity index (χ4v) is 3.30. The van der Waals surface area contributed by atoms with Gasteiger partial charge in [-0.2, -0.15) is 5.10 Å². The molecule has 0 aliphatic carbocycles. The van der Waals surface area contributed by atoms with E-state index in [9.17, 15) is 0 Å². The Morgan fingerprint density at radius 1 is 1.09 bits per heavy atom. The van der Waals surface area contributed by atoms with Crippen molar-refractivity contribution in [3.05, 3.63) is 48.5 Å². The van der Waals surface area contributed by atoms with Crippen molar-refractivity contribution in [2.24, 2.45) is 7.05 Å². The van der Waals surface area contributed by atoms with Gasteiger partial charge >= 0.3 is 0 Å². The first kappa shape index (κ1) is 13.2. The van der Waals surface area contributed by atoms with Gasteiger partial charge in [0.25, 0.3) is 0 Å². The number of rotatable bonds is 2. The summed E-state index contributed by atoms with van der Waals surface area (Å²) >= 11 is 1.55. The van der Waals surface area contributed by atoms with Crippen molar-refractivity contribution >= 4 is 33.6 Å². The van der Waals surface area contributed by atoms with E-state index in [1.165, 1.54) is 0 Å². The van der Waals surface area contributed by atoms with Crippen LogP contribution in [0.15, 0.2) is 52.9 Å². The molecular weight excluding hydrogens is 294 g/mol. The highest BCUT2D eigenvalue weighted by atomic mass is 32.2. The zero-order chi connectivity index (χ0) is 15.1. The summed E-state index contributed by atoms with van der Waals surface area (Å²) in [6.07, 6.45) is 5.41. The fraction of sp³-hybridized carbons (Fsp3) is 0.125. The van der Waals surface area contributed by atoms with E-state index in [1.54, 1.807) is 24.2 Å². The second-order valence-corrected chi connectivity index (χ2v) is 6.12. The molecule has 1 aromatic carbocycles. The number of aryl methyl sites for hydroxylation is 2. The maximum absolute atomic E-state index is 4.59. The Bertz CT molecular complexity index is 992. The number of nitrogens with zero attached hydrogens (tertiary/aromatic N) is 5. The van der Waals surface area contributed by atoms with E-state index in [1.807, 2.05) is 30.9 Å². The summed E-state index contributed by atoms with van der Waals surface area (Å²) in [6.45, 7) is 2.00. The first-order valence-corrected chi connectivity index (χ1v) is 7.70. The molecule has 0 aliphatic heterocycles. The quantitative estimate of drug-likeness (QED) is 0.531. The molecule has 0 saturated heterocycles. The summed E-state index contributed by atoms with van der Waals surface area (Å²) in [5.74, 6) is 0. The van der Waals surface area contributed by atoms with Crippen molar-refractivity contribution in [1.82, 2.24) is 24.7 Å². The molecule has 4 rings (SSSR count). The van der Waals surface area contributed by atoms with Crippen molar-refractivity contribution in [2.45, 2.75) is 17.0 Å². The molecule has 0 atom stereocenters. The lowest BCUT2D eigenvalue weighted by Crippen LogP contribution is -1.93. The van der Waals surface area contributed by atoms with Crippen LogP contribution in [0.5, 0.6) is 0 Å². The average Bonchev–Trinajstić information content (AvgIpc) is 2.89. The standard InChI is InChI=1S/C16H13N5S/c1-10-13-5-6-17-9-14(13)20-16(19-10)22-12-4-3-11-8-18-21(2)15(11)7-12/h3-9H,1-2H3. The largest absolute Gasteiger partial charge is 0.268 e. The van der Waals surface area contributed by atoms with E-state index in [4.69, 9.17) is 0 Å². The second-order valence-electron chi connectivity index (χ2n) is 5.08. The van der Waals surface area contributed by atoms with E-state index in [-0.39, 0.29) is 0 Å². The molecule has 0 fully saturated rings. The van der Waals surface area contributed by atoms with Crippen molar-refractivity contribution < 1.29 is 0 Å². The predicted octanol–water partition coefficient (Wildman–Crippen LogP) is 3.37. The Labute approximate surface area is 131 Å². The van der Waals surface area contributed by atoms with E-state index in [0.717, 1.165) is 37.6 Å². The normalized spacial score (nSPS) is 11.4. The fourth-order valence-electron chi connectivity index (χ4n) is 2.45. The summed E-state index contributed by atoms with van der Waals surface area (Å²) in [7, 11) is 1.94. The minimum atomic E-state index is 0.736. The number of fused-ring (bicyclic) bond motifs is 2. The van der Waals surface area contributed by atoms with Gasteiger partial charge in [-0.05, 0) is 36.9 Å². The number of hydrogen-bond acceptors (Lipinski definition) is 5. The lowest BCUT2D eigenvalue weighted by Gasteiger charge is -2.05. The maximum atomic E-state index is 4.59. The second kappa shape index (κ2) is 5.06. The van der Waals surface area contributed by atoms with Crippen LogP contribution in [0.4, 0.5) is 0 Å². The van der Waals surface area contributed by atoms with Crippen LogP contribution in [-0.2, 0) is 7.05 Å². The lowest BCUT2D eigenvalue weighted by molar-refractivity contribution is 0.796. The molecule has 3 heterocycles. The summed E-state index contributed by atoms with van der Waals surface area (Å²) < 4.78 is 1.87. The smallest absolute Gasteiger partial charge is 0.193 e. The van der Waals surface area contributed by atoms with Gasteiger partial charge < -0.3 is 0 Å². The summed E-state index contributed by atoms with van der Waals surface area (Å²) in [4.78, 5) is 14.4. The Hall–Kier alpha value is -2.47. The van der Waals surface area contributed by atoms with Crippen LogP contribution in [0.1, 0.15) is 5.69 Å². The van der Waals surface area contributed by atoms with Gasteiger partial charge in [0.05, 0.1) is 23.4 Å². The molecule has 0 unspecified atom stereocenters. The molecule has 22 heavy (non-hydrogen) atoms. The van der Waals surface area contributed by atoms with Crippen LogP contribution in [0.3, 0.4) is 0 Å². The zero-order valence-corrected chi connectivity index (χ0v) is 13.0. The van der Waals surface area contributed by atoms with Gasteiger partial charge in [0.1, 0.15) is 0 Å². The van der Waals surface area contributed by atoms with Crippen LogP contribution in [0, 0.1) is 6.92 Å². The van der Waals surface area contributed by atoms with Crippen LogP contribution < -0.4 is 0 Å². The third-order valence-electron chi connectivity index (χ3n) is 3.60. The zero-order valence-electron chi connectivity index (χ0n) is 12.2. The lowest BCUT2D eigenvalue weighted by atomic mass is 10.2. The summed E-state index contributed by atoms with van der Waals surface area (Å²) in [5.41, 5.74) is 2.94. The molecule has 3 aromatic heterocycles. The van der Waals surface area contributed by atoms with Crippen LogP contribution in [-0.4, -0.2) is 24.7 Å². The van der Waals surface area contributed by atoms with E-state index in [0.29, 0.717) is 0 Å². The Balaban J connectivity index is 1.76. The Kier molecular flexibility index (Phi) is 3.04. The van der Waals surface area contributed by atoms with Crippen LogP contribution >= 0.6 is 11.8 Å². The van der Waals surface area contributed by atoms with Crippen molar-refractivity contribution in [1.29, 1.82) is 0 Å². The molecule has 5 nitrogen and oxygen atoms in total. The Morgan fingerprint density at radius 2 is 2.00 bits per heavy atom. The molecule has 0 saturated carbocycles. The van der Waals surface area contributed by atoms with Gasteiger partial charge in [-0.1, -0.05) is 6.07 Å². The average molecular weight is 307 g/mol. The SMILES string of the molecule is Cc1nc(Sc2ccc3cnn(C)c3c2)nc2cnccc12. The molecule has 0 amide bonds. The maximum Gasteiger partial charge on any atom is 0.193 e. The molecule has 0 radical (unpaired) electrons. The van der Waals surface area contributed by atoms with Gasteiger partial charge in [0, 0.05) is 34.6 Å². The van der Waals surface area contributed by atoms with E-state index in [2.05, 4.69) is 38.2 Å². The molecule has 108 valence electrons. The minimum Gasteiger partial charge on any atom is -0.268 e. The topological polar surface area (TPSA) is 56.5 Å². The third-order valence-corrected chi connectivity index (χ3v) is 4.45. The van der Waals surface area contributed by atoms with Gasteiger partial charge in [-0.15, -0.1) is 0 Å². The summed E-state index contributed by atoms with van der Waals surface area (Å²) in [6, 6.07) is 8.20. The van der Waals surface area contributed by atoms with Gasteiger partial charge in [-0.3, -0.25) is 9.67 Å². The number of benzene rings is 1. The molecule has 6 heteroatoms. The number of hydrogen-bond donors (Lipinski definition) is 0. The predicted molar refractivity (Wildman–Crippen MR) is 86.9 cm³/mol. The van der Waals surface area contributed by atoms with Crippen LogP contribution in [0.25, 0.3) is 21.8 Å². The van der Waals surface area contributed by atoms with Crippen molar-refractivity contribution in [3.63, 3.8) is 0 Å². The molecule has 0 spiro atoms. The van der Waals surface area contributed by atoms with Crippen molar-refractivity contribution in [3.8, 4) is 0 Å². The van der Waals surface area contributed by atoms with Gasteiger partial charge in [-0.25, -0.2) is 9.97 Å². The number of aromatic nitrogens is 5. The number of pyridine rings is 1. The van der Waals surface area contributed by atoms with Gasteiger partial charge in [0.15, 0.2) is 5.16 Å². The molecule has 0 bridgehead atoms. The van der Waals surface area contributed by atoms with E-state index < -0.39 is 0 Å². The van der Waals surface area contributed by atoms with Crippen LogP contribution in [0.2, 0.25) is 0 Å². The highest BCUT2D eigenvalue weighted by Gasteiger charge is 2.08. The molecule has 0 aliphatic rings.